The predicted molar refractivity (Wildman–Crippen MR) is 91.9 cm³/mol. The maximum atomic E-state index is 5.86. The number of ether oxygens (including phenoxy) is 2. The van der Waals surface area contributed by atoms with Gasteiger partial charge in [-0.1, -0.05) is 23.7 Å². The number of nitrogens with one attached hydrogen (secondary N) is 2. The lowest BCUT2D eigenvalue weighted by molar-refractivity contribution is 0.0991. The van der Waals surface area contributed by atoms with Crippen LogP contribution in [0.25, 0.3) is 0 Å². The van der Waals surface area contributed by atoms with Gasteiger partial charge in [0, 0.05) is 18.6 Å². The summed E-state index contributed by atoms with van der Waals surface area (Å²) >= 11 is 5.86. The lowest BCUT2D eigenvalue weighted by Gasteiger charge is -2.22. The zero-order chi connectivity index (χ0) is 16.1. The largest absolute Gasteiger partial charge is 0.375 e. The topological polar surface area (TPSA) is 54.9 Å². The molecule has 0 aromatic heterocycles. The molecular formula is C17H24ClN3O2. The lowest BCUT2D eigenvalue weighted by atomic mass is 9.96. The minimum atomic E-state index is 0.347. The molecule has 1 aromatic carbocycles. The third-order valence-electron chi connectivity index (χ3n) is 4.37. The number of nitrogens with zero attached hydrogens (tertiary/aromatic N) is 1. The second kappa shape index (κ2) is 7.99. The van der Waals surface area contributed by atoms with E-state index in [0.717, 1.165) is 35.9 Å². The van der Waals surface area contributed by atoms with Crippen LogP contribution in [0.4, 0.5) is 0 Å². The van der Waals surface area contributed by atoms with E-state index in [2.05, 4.69) is 15.6 Å². The van der Waals surface area contributed by atoms with Crippen LogP contribution in [-0.2, 0) is 16.1 Å². The molecule has 0 aliphatic carbocycles. The van der Waals surface area contributed by atoms with Gasteiger partial charge in [0.05, 0.1) is 31.5 Å². The normalized spacial score (nSPS) is 26.5. The highest BCUT2D eigenvalue weighted by atomic mass is 35.5. The number of rotatable bonds is 6. The first kappa shape index (κ1) is 16.6. The maximum Gasteiger partial charge on any atom is 0.191 e. The van der Waals surface area contributed by atoms with Crippen molar-refractivity contribution in [1.29, 1.82) is 0 Å². The zero-order valence-electron chi connectivity index (χ0n) is 13.4. The molecular weight excluding hydrogens is 314 g/mol. The van der Waals surface area contributed by atoms with Crippen molar-refractivity contribution < 1.29 is 9.47 Å². The average molecular weight is 338 g/mol. The number of halogens is 1. The Balaban J connectivity index is 1.32. The number of benzene rings is 1. The number of fused-ring (bicyclic) bond motifs is 2. The van der Waals surface area contributed by atoms with Crippen molar-refractivity contribution in [1.82, 2.24) is 10.6 Å². The van der Waals surface area contributed by atoms with Gasteiger partial charge in [-0.25, -0.2) is 0 Å². The first-order chi connectivity index (χ1) is 11.2. The molecule has 3 atom stereocenters. The molecule has 6 heteroatoms. The van der Waals surface area contributed by atoms with E-state index in [1.165, 1.54) is 6.42 Å². The van der Waals surface area contributed by atoms with Crippen LogP contribution in [-0.4, -0.2) is 44.4 Å². The fraction of sp³-hybridized carbons (Fsp3) is 0.588. The van der Waals surface area contributed by atoms with E-state index < -0.39 is 0 Å². The molecule has 1 aromatic rings. The van der Waals surface area contributed by atoms with Crippen LogP contribution in [0.15, 0.2) is 29.3 Å². The number of hydrogen-bond acceptors (Lipinski definition) is 3. The Morgan fingerprint density at radius 2 is 2.17 bits per heavy atom. The highest BCUT2D eigenvalue weighted by Crippen LogP contribution is 2.34. The van der Waals surface area contributed by atoms with Crippen molar-refractivity contribution in [3.05, 3.63) is 34.9 Å². The molecule has 5 nitrogen and oxygen atoms in total. The van der Waals surface area contributed by atoms with Crippen molar-refractivity contribution in [2.75, 3.05) is 20.2 Å². The molecule has 126 valence electrons. The molecule has 2 N–H and O–H groups in total. The van der Waals surface area contributed by atoms with Crippen LogP contribution in [0, 0.1) is 0 Å². The zero-order valence-corrected chi connectivity index (χ0v) is 14.2. The summed E-state index contributed by atoms with van der Waals surface area (Å²) in [5.74, 6) is 0.821. The van der Waals surface area contributed by atoms with Crippen LogP contribution in [0.2, 0.25) is 5.02 Å². The van der Waals surface area contributed by atoms with Crippen LogP contribution in [0.3, 0.4) is 0 Å². The summed E-state index contributed by atoms with van der Waals surface area (Å²) < 4.78 is 11.5. The first-order valence-corrected chi connectivity index (χ1v) is 8.57. The van der Waals surface area contributed by atoms with Crippen molar-refractivity contribution in [2.24, 2.45) is 4.99 Å². The number of guanidine groups is 1. The molecule has 0 amide bonds. The standard InChI is InChI=1S/C17H24ClN3O2/c1-19-17(21-15-10-14-6-7-16(15)23-14)20-8-9-22-11-12-2-4-13(18)5-3-12/h2-5,14-16H,6-11H2,1H3,(H2,19,20,21). The summed E-state index contributed by atoms with van der Waals surface area (Å²) in [6.07, 6.45) is 4.23. The summed E-state index contributed by atoms with van der Waals surface area (Å²) in [7, 11) is 1.79. The molecule has 2 aliphatic heterocycles. The summed E-state index contributed by atoms with van der Waals surface area (Å²) in [5.41, 5.74) is 1.12. The van der Waals surface area contributed by atoms with E-state index in [1.54, 1.807) is 7.05 Å². The van der Waals surface area contributed by atoms with Crippen molar-refractivity contribution in [3.8, 4) is 0 Å². The number of hydrogen-bond donors (Lipinski definition) is 2. The molecule has 0 spiro atoms. The van der Waals surface area contributed by atoms with Crippen LogP contribution in [0.5, 0.6) is 0 Å². The smallest absolute Gasteiger partial charge is 0.191 e. The fourth-order valence-electron chi connectivity index (χ4n) is 3.17. The van der Waals surface area contributed by atoms with Gasteiger partial charge in [0.2, 0.25) is 0 Å². The van der Waals surface area contributed by atoms with Gasteiger partial charge in [0.15, 0.2) is 5.96 Å². The van der Waals surface area contributed by atoms with Crippen LogP contribution < -0.4 is 10.6 Å². The molecule has 3 rings (SSSR count). The molecule has 2 heterocycles. The Morgan fingerprint density at radius 1 is 1.35 bits per heavy atom. The van der Waals surface area contributed by atoms with Gasteiger partial charge in [-0.15, -0.1) is 0 Å². The molecule has 23 heavy (non-hydrogen) atoms. The van der Waals surface area contributed by atoms with Gasteiger partial charge in [-0.2, -0.15) is 0 Å². The Kier molecular flexibility index (Phi) is 5.75. The summed E-state index contributed by atoms with van der Waals surface area (Å²) in [4.78, 5) is 4.27. The molecule has 2 saturated heterocycles. The minimum Gasteiger partial charge on any atom is -0.375 e. The van der Waals surface area contributed by atoms with Crippen molar-refractivity contribution in [2.45, 2.75) is 44.1 Å². The first-order valence-electron chi connectivity index (χ1n) is 8.19. The Morgan fingerprint density at radius 3 is 2.83 bits per heavy atom. The van der Waals surface area contributed by atoms with Crippen molar-refractivity contribution >= 4 is 17.6 Å². The number of aliphatic imine (C=N–C) groups is 1. The quantitative estimate of drug-likeness (QED) is 0.475. The molecule has 0 radical (unpaired) electrons. The van der Waals surface area contributed by atoms with Gasteiger partial charge < -0.3 is 20.1 Å². The van der Waals surface area contributed by atoms with Gasteiger partial charge >= 0.3 is 0 Å². The van der Waals surface area contributed by atoms with Crippen LogP contribution in [0.1, 0.15) is 24.8 Å². The van der Waals surface area contributed by atoms with E-state index in [-0.39, 0.29) is 0 Å². The van der Waals surface area contributed by atoms with Crippen LogP contribution >= 0.6 is 11.6 Å². The predicted octanol–water partition coefficient (Wildman–Crippen LogP) is 2.34. The van der Waals surface area contributed by atoms with E-state index in [1.807, 2.05) is 24.3 Å². The van der Waals surface area contributed by atoms with E-state index >= 15 is 0 Å². The molecule has 2 fully saturated rings. The van der Waals surface area contributed by atoms with E-state index in [0.29, 0.717) is 31.5 Å². The Labute approximate surface area is 142 Å². The van der Waals surface area contributed by atoms with Crippen molar-refractivity contribution in [3.63, 3.8) is 0 Å². The lowest BCUT2D eigenvalue weighted by Crippen LogP contribution is -2.48. The van der Waals surface area contributed by atoms with Gasteiger partial charge in [0.1, 0.15) is 0 Å². The summed E-state index contributed by atoms with van der Waals surface area (Å²) in [5, 5.41) is 7.49. The second-order valence-corrected chi connectivity index (χ2v) is 6.47. The highest BCUT2D eigenvalue weighted by molar-refractivity contribution is 6.30. The Hall–Kier alpha value is -1.30. The molecule has 2 aliphatic rings. The molecule has 3 unspecified atom stereocenters. The molecule has 0 saturated carbocycles. The third-order valence-corrected chi connectivity index (χ3v) is 4.62. The maximum absolute atomic E-state index is 5.86. The summed E-state index contributed by atoms with van der Waals surface area (Å²) in [6, 6.07) is 8.09. The third kappa shape index (κ3) is 4.59. The SMILES string of the molecule is CN=C(NCCOCc1ccc(Cl)cc1)NC1CC2CCC1O2. The summed E-state index contributed by atoms with van der Waals surface area (Å²) in [6.45, 7) is 1.93. The van der Waals surface area contributed by atoms with Gasteiger partial charge in [-0.3, -0.25) is 4.99 Å². The molecule has 2 bridgehead atoms. The fourth-order valence-corrected chi connectivity index (χ4v) is 3.30. The van der Waals surface area contributed by atoms with E-state index in [9.17, 15) is 0 Å². The average Bonchev–Trinajstić information content (AvgIpc) is 3.18. The monoisotopic (exact) mass is 337 g/mol. The highest BCUT2D eigenvalue weighted by Gasteiger charge is 2.41. The van der Waals surface area contributed by atoms with E-state index in [4.69, 9.17) is 21.1 Å². The van der Waals surface area contributed by atoms with Gasteiger partial charge in [-0.05, 0) is 37.0 Å². The minimum absolute atomic E-state index is 0.347. The second-order valence-electron chi connectivity index (χ2n) is 6.04. The van der Waals surface area contributed by atoms with Gasteiger partial charge in [0.25, 0.3) is 0 Å². The Bertz CT molecular complexity index is 535.